The van der Waals surface area contributed by atoms with Gasteiger partial charge in [0, 0.05) is 11.3 Å². The average Bonchev–Trinajstić information content (AvgIpc) is 2.68. The Morgan fingerprint density at radius 2 is 1.56 bits per heavy atom. The number of carbonyl (C=O) groups is 2. The maximum atomic E-state index is 12.8. The van der Waals surface area contributed by atoms with E-state index >= 15 is 0 Å². The first-order chi connectivity index (χ1) is 13.0. The zero-order valence-corrected chi connectivity index (χ0v) is 14.9. The molecule has 2 rings (SSSR count). The lowest BCUT2D eigenvalue weighted by molar-refractivity contribution is -0.136. The number of carbonyl (C=O) groups excluding carboxylic acids is 2. The molecular formula is C18H18FN3O5. The number of anilines is 1. The number of hydrazone groups is 1. The Morgan fingerprint density at radius 1 is 0.963 bits per heavy atom. The highest BCUT2D eigenvalue weighted by atomic mass is 19.1. The predicted molar refractivity (Wildman–Crippen MR) is 96.9 cm³/mol. The van der Waals surface area contributed by atoms with Crippen molar-refractivity contribution in [2.75, 3.05) is 26.6 Å². The number of hydrogen-bond acceptors (Lipinski definition) is 6. The second kappa shape index (κ2) is 9.18. The molecule has 27 heavy (non-hydrogen) atoms. The summed E-state index contributed by atoms with van der Waals surface area (Å²) < 4.78 is 28.5. The molecule has 0 aliphatic heterocycles. The summed E-state index contributed by atoms with van der Waals surface area (Å²) in [4.78, 5) is 23.5. The SMILES string of the molecule is COc1cc(/C=N/NC(=O)C(=O)Nc2ccc(F)cc2)cc(OC)c1OC. The first-order valence-electron chi connectivity index (χ1n) is 7.68. The van der Waals surface area contributed by atoms with Gasteiger partial charge in [-0.1, -0.05) is 0 Å². The van der Waals surface area contributed by atoms with Crippen LogP contribution >= 0.6 is 0 Å². The Bertz CT molecular complexity index is 828. The third-order valence-electron chi connectivity index (χ3n) is 3.38. The topological polar surface area (TPSA) is 98.2 Å². The van der Waals surface area contributed by atoms with Crippen molar-refractivity contribution < 1.29 is 28.2 Å². The largest absolute Gasteiger partial charge is 0.493 e. The van der Waals surface area contributed by atoms with E-state index in [2.05, 4.69) is 15.8 Å². The Morgan fingerprint density at radius 3 is 2.07 bits per heavy atom. The van der Waals surface area contributed by atoms with Crippen LogP contribution in [0.2, 0.25) is 0 Å². The number of rotatable bonds is 6. The smallest absolute Gasteiger partial charge is 0.329 e. The van der Waals surface area contributed by atoms with Crippen LogP contribution in [0.15, 0.2) is 41.5 Å². The number of halogens is 1. The van der Waals surface area contributed by atoms with Gasteiger partial charge < -0.3 is 19.5 Å². The van der Waals surface area contributed by atoms with E-state index in [-0.39, 0.29) is 5.69 Å². The lowest BCUT2D eigenvalue weighted by Gasteiger charge is -2.12. The number of benzene rings is 2. The maximum Gasteiger partial charge on any atom is 0.329 e. The van der Waals surface area contributed by atoms with E-state index in [9.17, 15) is 14.0 Å². The fourth-order valence-electron chi connectivity index (χ4n) is 2.11. The zero-order chi connectivity index (χ0) is 19.8. The predicted octanol–water partition coefficient (Wildman–Crippen LogP) is 1.94. The minimum Gasteiger partial charge on any atom is -0.493 e. The van der Waals surface area contributed by atoms with Crippen LogP contribution in [-0.4, -0.2) is 39.4 Å². The first kappa shape index (κ1) is 19.7. The van der Waals surface area contributed by atoms with Crippen LogP contribution in [0, 0.1) is 5.82 Å². The van der Waals surface area contributed by atoms with Gasteiger partial charge in [0.2, 0.25) is 5.75 Å². The second-order valence-corrected chi connectivity index (χ2v) is 5.12. The highest BCUT2D eigenvalue weighted by Crippen LogP contribution is 2.37. The standard InChI is InChI=1S/C18H18FN3O5/c1-25-14-8-11(9-15(26-2)16(14)27-3)10-20-22-18(24)17(23)21-13-6-4-12(19)5-7-13/h4-10H,1-3H3,(H,21,23)(H,22,24)/b20-10+. The number of hydrogen-bond donors (Lipinski definition) is 2. The highest BCUT2D eigenvalue weighted by molar-refractivity contribution is 6.39. The van der Waals surface area contributed by atoms with Gasteiger partial charge in [0.1, 0.15) is 5.82 Å². The maximum absolute atomic E-state index is 12.8. The van der Waals surface area contributed by atoms with Gasteiger partial charge in [-0.25, -0.2) is 9.82 Å². The van der Waals surface area contributed by atoms with Crippen molar-refractivity contribution in [1.82, 2.24) is 5.43 Å². The van der Waals surface area contributed by atoms with E-state index in [1.165, 1.54) is 39.7 Å². The summed E-state index contributed by atoms with van der Waals surface area (Å²) in [6, 6.07) is 8.23. The zero-order valence-electron chi connectivity index (χ0n) is 14.9. The Kier molecular flexibility index (Phi) is 6.70. The summed E-state index contributed by atoms with van der Waals surface area (Å²) in [5, 5.41) is 6.05. The van der Waals surface area contributed by atoms with Crippen molar-refractivity contribution in [2.45, 2.75) is 0 Å². The van der Waals surface area contributed by atoms with E-state index < -0.39 is 17.6 Å². The van der Waals surface area contributed by atoms with Crippen molar-refractivity contribution in [3.05, 3.63) is 47.8 Å². The number of methoxy groups -OCH3 is 3. The van der Waals surface area contributed by atoms with Crippen LogP contribution < -0.4 is 25.0 Å². The van der Waals surface area contributed by atoms with E-state index in [1.54, 1.807) is 12.1 Å². The summed E-state index contributed by atoms with van der Waals surface area (Å²) >= 11 is 0. The quantitative estimate of drug-likeness (QED) is 0.457. The normalized spacial score (nSPS) is 10.4. The van der Waals surface area contributed by atoms with Crippen LogP contribution in [-0.2, 0) is 9.59 Å². The summed E-state index contributed by atoms with van der Waals surface area (Å²) in [6.45, 7) is 0. The van der Waals surface area contributed by atoms with Crippen LogP contribution in [0.5, 0.6) is 17.2 Å². The van der Waals surface area contributed by atoms with Gasteiger partial charge in [0.15, 0.2) is 11.5 Å². The summed E-state index contributed by atoms with van der Waals surface area (Å²) in [5.74, 6) is -1.13. The third-order valence-corrected chi connectivity index (χ3v) is 3.38. The fourth-order valence-corrected chi connectivity index (χ4v) is 2.11. The van der Waals surface area contributed by atoms with Crippen molar-refractivity contribution in [3.8, 4) is 17.2 Å². The Hall–Kier alpha value is -3.62. The molecule has 0 heterocycles. The van der Waals surface area contributed by atoms with E-state index in [1.807, 2.05) is 0 Å². The van der Waals surface area contributed by atoms with Gasteiger partial charge in [-0.2, -0.15) is 5.10 Å². The monoisotopic (exact) mass is 375 g/mol. The molecule has 0 spiro atoms. The molecule has 2 aromatic carbocycles. The number of amides is 2. The van der Waals surface area contributed by atoms with Crippen molar-refractivity contribution in [3.63, 3.8) is 0 Å². The molecule has 0 aromatic heterocycles. The Labute approximate surface area is 154 Å². The molecule has 0 atom stereocenters. The van der Waals surface area contributed by atoms with Crippen molar-refractivity contribution in [2.24, 2.45) is 5.10 Å². The average molecular weight is 375 g/mol. The highest BCUT2D eigenvalue weighted by Gasteiger charge is 2.14. The van der Waals surface area contributed by atoms with Gasteiger partial charge in [0.05, 0.1) is 27.5 Å². The molecule has 2 N–H and O–H groups in total. The number of ether oxygens (including phenoxy) is 3. The molecule has 0 bridgehead atoms. The van der Waals surface area contributed by atoms with Crippen LogP contribution in [0.25, 0.3) is 0 Å². The fraction of sp³-hybridized carbons (Fsp3) is 0.167. The lowest BCUT2D eigenvalue weighted by Crippen LogP contribution is -2.32. The minimum absolute atomic E-state index is 0.283. The summed E-state index contributed by atoms with van der Waals surface area (Å²) in [6.07, 6.45) is 1.31. The van der Waals surface area contributed by atoms with Crippen molar-refractivity contribution >= 4 is 23.7 Å². The molecule has 0 aliphatic carbocycles. The van der Waals surface area contributed by atoms with Gasteiger partial charge in [-0.3, -0.25) is 9.59 Å². The summed E-state index contributed by atoms with van der Waals surface area (Å²) in [7, 11) is 4.42. The molecule has 2 aromatic rings. The van der Waals surface area contributed by atoms with Crippen LogP contribution in [0.1, 0.15) is 5.56 Å². The number of nitrogens with zero attached hydrogens (tertiary/aromatic N) is 1. The van der Waals surface area contributed by atoms with Crippen LogP contribution in [0.4, 0.5) is 10.1 Å². The van der Waals surface area contributed by atoms with Crippen molar-refractivity contribution in [1.29, 1.82) is 0 Å². The third kappa shape index (κ3) is 5.18. The molecular weight excluding hydrogens is 357 g/mol. The van der Waals surface area contributed by atoms with Gasteiger partial charge >= 0.3 is 11.8 Å². The lowest BCUT2D eigenvalue weighted by atomic mass is 10.2. The second-order valence-electron chi connectivity index (χ2n) is 5.12. The minimum atomic E-state index is -0.983. The van der Waals surface area contributed by atoms with Gasteiger partial charge in [0.25, 0.3) is 0 Å². The molecule has 8 nitrogen and oxygen atoms in total. The van der Waals surface area contributed by atoms with Crippen LogP contribution in [0.3, 0.4) is 0 Å². The molecule has 0 radical (unpaired) electrons. The molecule has 0 fully saturated rings. The molecule has 9 heteroatoms. The molecule has 142 valence electrons. The molecule has 0 aliphatic rings. The van der Waals surface area contributed by atoms with E-state index in [0.717, 1.165) is 12.1 Å². The summed E-state index contributed by atoms with van der Waals surface area (Å²) in [5.41, 5.74) is 2.93. The molecule has 0 saturated heterocycles. The molecule has 0 saturated carbocycles. The van der Waals surface area contributed by atoms with Gasteiger partial charge in [-0.15, -0.1) is 0 Å². The van der Waals surface area contributed by atoms with E-state index in [4.69, 9.17) is 14.2 Å². The number of nitrogens with one attached hydrogen (secondary N) is 2. The Balaban J connectivity index is 2.02. The first-order valence-corrected chi connectivity index (χ1v) is 7.68. The van der Waals surface area contributed by atoms with Gasteiger partial charge in [-0.05, 0) is 36.4 Å². The molecule has 2 amide bonds. The molecule has 0 unspecified atom stereocenters. The van der Waals surface area contributed by atoms with E-state index in [0.29, 0.717) is 22.8 Å².